The average molecular weight is 425 g/mol. The Balaban J connectivity index is 4.59. The van der Waals surface area contributed by atoms with Gasteiger partial charge in [-0.1, -0.05) is 0 Å². The minimum absolute atomic E-state index is 0.487. The van der Waals surface area contributed by atoms with Crippen molar-refractivity contribution in [3.05, 3.63) is 0 Å². The minimum Gasteiger partial charge on any atom is -0.377 e. The largest absolute Gasteiger partial charge is 0.500 e. The Bertz CT molecular complexity index is 1150. The summed E-state index contributed by atoms with van der Waals surface area (Å²) in [5.41, 5.74) is 0. The zero-order chi connectivity index (χ0) is 23.3. The second-order valence-corrected chi connectivity index (χ2v) is 9.03. The van der Waals surface area contributed by atoms with Crippen molar-refractivity contribution in [1.29, 1.82) is 0 Å². The lowest BCUT2D eigenvalue weighted by molar-refractivity contribution is -0.822. The van der Waals surface area contributed by atoms with E-state index in [0.29, 0.717) is 4.48 Å². The van der Waals surface area contributed by atoms with Crippen LogP contribution in [0.25, 0.3) is 0 Å². The number of terminal acetylenes is 1. The fourth-order valence-corrected chi connectivity index (χ4v) is 3.63. The number of quaternary nitrogens is 1. The highest BCUT2D eigenvalue weighted by molar-refractivity contribution is 6.60. The molecule has 0 saturated heterocycles. The Morgan fingerprint density at radius 2 is 0.968 bits per heavy atom. The number of nitrogens with zero attached hydrogens (tertiary/aromatic N) is 1. The third-order valence-corrected chi connectivity index (χ3v) is 6.27. The highest BCUT2D eigenvalue weighted by Crippen LogP contribution is 2.16. The van der Waals surface area contributed by atoms with Crippen LogP contribution in [0.15, 0.2) is 0 Å². The van der Waals surface area contributed by atoms with E-state index in [9.17, 15) is 0 Å². The van der Waals surface area contributed by atoms with Crippen molar-refractivity contribution in [3.8, 4) is 107 Å². The molecule has 0 aliphatic carbocycles. The van der Waals surface area contributed by atoms with Gasteiger partial charge in [0.1, 0.15) is 0 Å². The Morgan fingerprint density at radius 3 is 1.32 bits per heavy atom. The van der Waals surface area contributed by atoms with Crippen LogP contribution in [-0.4, -0.2) is 55.3 Å². The van der Waals surface area contributed by atoms with Crippen molar-refractivity contribution in [1.82, 2.24) is 0 Å². The first-order valence-corrected chi connectivity index (χ1v) is 10.8. The summed E-state index contributed by atoms with van der Waals surface area (Å²) in [4.78, 5) is 0. The van der Waals surface area contributed by atoms with Crippen LogP contribution in [0.1, 0.15) is 6.42 Å². The molecule has 0 aromatic rings. The van der Waals surface area contributed by atoms with Crippen molar-refractivity contribution >= 4 is 8.80 Å². The van der Waals surface area contributed by atoms with Gasteiger partial charge in [-0.2, -0.15) is 0 Å². The van der Waals surface area contributed by atoms with E-state index in [1.54, 1.807) is 21.3 Å². The van der Waals surface area contributed by atoms with Gasteiger partial charge in [-0.3, -0.25) is 4.48 Å². The van der Waals surface area contributed by atoms with Gasteiger partial charge in [-0.05, 0) is 47.4 Å². The van der Waals surface area contributed by atoms with Gasteiger partial charge in [0.05, 0.1) is 26.6 Å². The van der Waals surface area contributed by atoms with E-state index in [1.807, 2.05) is 14.1 Å². The lowest BCUT2D eigenvalue weighted by atomic mass is 10.4. The first-order valence-electron chi connectivity index (χ1n) is 8.91. The molecule has 0 atom stereocenters. The molecule has 0 saturated carbocycles. The van der Waals surface area contributed by atoms with E-state index in [4.69, 9.17) is 19.7 Å². The van der Waals surface area contributed by atoms with Gasteiger partial charge in [0.25, 0.3) is 0 Å². The number of rotatable bonds is 7. The predicted molar refractivity (Wildman–Crippen MR) is 124 cm³/mol. The third kappa shape index (κ3) is 14.7. The normalized spacial score (nSPS) is 8.13. The second-order valence-electron chi connectivity index (χ2n) is 5.94. The van der Waals surface area contributed by atoms with Crippen molar-refractivity contribution in [3.63, 3.8) is 0 Å². The maximum absolute atomic E-state index is 5.42. The number of hydrogen-bond donors (Lipinski definition) is 0. The fourth-order valence-electron chi connectivity index (χ4n) is 1.92. The molecule has 0 aliphatic heterocycles. The summed E-state index contributed by atoms with van der Waals surface area (Å²) < 4.78 is 16.7. The van der Waals surface area contributed by atoms with Gasteiger partial charge in [0.15, 0.2) is 6.04 Å². The van der Waals surface area contributed by atoms with Crippen LogP contribution in [0.5, 0.6) is 0 Å². The van der Waals surface area contributed by atoms with Crippen LogP contribution in [-0.2, 0) is 13.3 Å². The van der Waals surface area contributed by atoms with Gasteiger partial charge >= 0.3 is 8.80 Å². The van der Waals surface area contributed by atoms with Crippen LogP contribution >= 0.6 is 0 Å². The molecule has 0 fully saturated rings. The topological polar surface area (TPSA) is 27.7 Å². The molecule has 152 valence electrons. The van der Waals surface area contributed by atoms with Crippen LogP contribution in [0.3, 0.4) is 0 Å². The van der Waals surface area contributed by atoms with E-state index in [1.165, 1.54) is 0 Å². The van der Waals surface area contributed by atoms with Gasteiger partial charge in [-0.25, -0.2) is 0 Å². The van der Waals surface area contributed by atoms with Crippen LogP contribution in [0.4, 0.5) is 0 Å². The monoisotopic (exact) mass is 424 g/mol. The molecule has 0 aliphatic rings. The molecule has 0 bridgehead atoms. The van der Waals surface area contributed by atoms with E-state index in [-0.39, 0.29) is 0 Å². The molecule has 0 rings (SSSR count). The van der Waals surface area contributed by atoms with Gasteiger partial charge in [-0.15, -0.1) is 6.42 Å². The third-order valence-electron chi connectivity index (χ3n) is 3.44. The Morgan fingerprint density at radius 1 is 0.613 bits per heavy atom. The Hall–Kier alpha value is -3.90. The summed E-state index contributed by atoms with van der Waals surface area (Å²) in [7, 11) is 6.28. The predicted octanol–water partition coefficient (Wildman–Crippen LogP) is 0.949. The van der Waals surface area contributed by atoms with Crippen molar-refractivity contribution in [2.45, 2.75) is 12.5 Å². The molecule has 0 aromatic carbocycles. The Kier molecular flexibility index (Phi) is 14.9. The highest BCUT2D eigenvalue weighted by atomic mass is 28.4. The van der Waals surface area contributed by atoms with Crippen LogP contribution in [0, 0.1) is 107 Å². The zero-order valence-corrected chi connectivity index (χ0v) is 19.4. The lowest BCUT2D eigenvalue weighted by Gasteiger charge is -2.26. The summed E-state index contributed by atoms with van der Waals surface area (Å²) in [6.45, 7) is 0.808. The molecule has 0 aromatic heterocycles. The molecule has 31 heavy (non-hydrogen) atoms. The molecule has 0 spiro atoms. The van der Waals surface area contributed by atoms with E-state index in [0.717, 1.165) is 19.0 Å². The first-order chi connectivity index (χ1) is 14.9. The molecule has 0 heterocycles. The van der Waals surface area contributed by atoms with Crippen LogP contribution in [0.2, 0.25) is 6.04 Å². The number of hydrogen-bond acceptors (Lipinski definition) is 3. The fraction of sp³-hybridized carbons (Fsp3) is 0.308. The molecular weight excluding hydrogens is 402 g/mol. The molecule has 5 heteroatoms. The first kappa shape index (κ1) is 27.1. The summed E-state index contributed by atoms with van der Waals surface area (Å²) in [5, 5.41) is 0. The maximum atomic E-state index is 5.42. The summed E-state index contributed by atoms with van der Waals surface area (Å²) >= 11 is 0. The lowest BCUT2D eigenvalue weighted by Crippen LogP contribution is -2.44. The summed E-state index contributed by atoms with van der Waals surface area (Å²) in [6, 6.07) is 3.80. The summed E-state index contributed by atoms with van der Waals surface area (Å²) in [6.07, 6.45) is 5.79. The van der Waals surface area contributed by atoms with Crippen molar-refractivity contribution in [2.24, 2.45) is 0 Å². The smallest absolute Gasteiger partial charge is 0.377 e. The SMILES string of the molecule is C#CC#CC#CC#CC#CC#CC#CC#CC#C[N+](C)(C)CCC[Si](OC)(OC)OC. The van der Waals surface area contributed by atoms with Crippen molar-refractivity contribution in [2.75, 3.05) is 42.0 Å². The molecular formula is C26H22NO3Si+. The maximum Gasteiger partial charge on any atom is 0.500 e. The summed E-state index contributed by atoms with van der Waals surface area (Å²) in [5.74, 6) is 40.3. The van der Waals surface area contributed by atoms with E-state index < -0.39 is 8.80 Å². The second kappa shape index (κ2) is 17.0. The molecule has 0 N–H and O–H groups in total. The Labute approximate surface area is 188 Å². The van der Waals surface area contributed by atoms with Crippen molar-refractivity contribution < 1.29 is 17.8 Å². The molecule has 0 unspecified atom stereocenters. The average Bonchev–Trinajstić information content (AvgIpc) is 2.76. The van der Waals surface area contributed by atoms with E-state index >= 15 is 0 Å². The molecule has 0 amide bonds. The standard InChI is InChI=1S/C26H22NO3Si/c1-7-8-9-10-11-12-13-14-15-16-17-18-19-20-21-22-24-27(2,3)25-23-26-31(28-4,29-5)30-6/h1H,23,25-26H2,2-6H3/q+1. The zero-order valence-electron chi connectivity index (χ0n) is 18.4. The highest BCUT2D eigenvalue weighted by Gasteiger charge is 2.37. The van der Waals surface area contributed by atoms with Gasteiger partial charge < -0.3 is 13.3 Å². The molecule has 4 nitrogen and oxygen atoms in total. The van der Waals surface area contributed by atoms with Gasteiger partial charge in [0, 0.05) is 75.2 Å². The van der Waals surface area contributed by atoms with E-state index in [2.05, 4.69) is 101 Å². The minimum atomic E-state index is -2.54. The van der Waals surface area contributed by atoms with Crippen LogP contribution < -0.4 is 0 Å². The quantitative estimate of drug-likeness (QED) is 0.346. The molecule has 0 radical (unpaired) electrons. The van der Waals surface area contributed by atoms with Gasteiger partial charge in [0.2, 0.25) is 0 Å².